The van der Waals surface area contributed by atoms with E-state index in [1.54, 1.807) is 4.90 Å². The van der Waals surface area contributed by atoms with Crippen LogP contribution in [0.5, 0.6) is 0 Å². The van der Waals surface area contributed by atoms with Crippen molar-refractivity contribution in [2.24, 2.45) is 17.2 Å². The number of rotatable bonds is 12. The smallest absolute Gasteiger partial charge is 0.223 e. The number of nitrogens with zero attached hydrogens (tertiary/aromatic N) is 1. The van der Waals surface area contributed by atoms with E-state index in [2.05, 4.69) is 10.6 Å². The molecule has 0 aromatic heterocycles. The van der Waals surface area contributed by atoms with Crippen molar-refractivity contribution < 1.29 is 9.59 Å². The average molecular weight is 288 g/mol. The largest absolute Gasteiger partial charge is 0.355 e. The van der Waals surface area contributed by atoms with Gasteiger partial charge in [-0.2, -0.15) is 0 Å². The maximum atomic E-state index is 11.9. The molecule has 0 rings (SSSR count). The van der Waals surface area contributed by atoms with Crippen LogP contribution in [0.2, 0.25) is 0 Å². The van der Waals surface area contributed by atoms with Crippen molar-refractivity contribution in [1.29, 1.82) is 0 Å². The monoisotopic (exact) mass is 288 g/mol. The fourth-order valence-corrected chi connectivity index (χ4v) is 1.66. The van der Waals surface area contributed by atoms with Crippen LogP contribution in [0.25, 0.3) is 0 Å². The van der Waals surface area contributed by atoms with Gasteiger partial charge in [0.25, 0.3) is 0 Å². The second kappa shape index (κ2) is 12.8. The lowest BCUT2D eigenvalue weighted by Crippen LogP contribution is -2.39. The van der Waals surface area contributed by atoms with Gasteiger partial charge in [-0.25, -0.2) is 0 Å². The lowest BCUT2D eigenvalue weighted by Gasteiger charge is -2.21. The van der Waals surface area contributed by atoms with Crippen LogP contribution in [0, 0.1) is 0 Å². The third kappa shape index (κ3) is 9.68. The van der Waals surface area contributed by atoms with E-state index in [-0.39, 0.29) is 24.7 Å². The summed E-state index contributed by atoms with van der Waals surface area (Å²) in [6, 6.07) is 0. The highest BCUT2D eigenvalue weighted by molar-refractivity contribution is 5.83. The summed E-state index contributed by atoms with van der Waals surface area (Å²) in [6.45, 7) is 4.23. The minimum absolute atomic E-state index is 0.0858. The van der Waals surface area contributed by atoms with Gasteiger partial charge in [0, 0.05) is 65.2 Å². The van der Waals surface area contributed by atoms with Gasteiger partial charge in [0.15, 0.2) is 0 Å². The predicted octanol–water partition coefficient (Wildman–Crippen LogP) is -2.82. The Morgan fingerprint density at radius 3 is 2.05 bits per heavy atom. The highest BCUT2D eigenvalue weighted by atomic mass is 16.2. The zero-order chi connectivity index (χ0) is 15.2. The van der Waals surface area contributed by atoms with Crippen LogP contribution in [0.15, 0.2) is 0 Å². The normalized spacial score (nSPS) is 10.3. The molecule has 0 saturated carbocycles. The number of hydrogen-bond acceptors (Lipinski definition) is 6. The molecule has 2 amide bonds. The first kappa shape index (κ1) is 18.8. The second-order valence-electron chi connectivity index (χ2n) is 4.35. The Bertz CT molecular complexity index is 269. The molecule has 0 saturated heterocycles. The van der Waals surface area contributed by atoms with E-state index in [1.807, 2.05) is 0 Å². The third-order valence-electron chi connectivity index (χ3n) is 2.66. The summed E-state index contributed by atoms with van der Waals surface area (Å²) >= 11 is 0. The summed E-state index contributed by atoms with van der Waals surface area (Å²) in [7, 11) is 0. The molecule has 0 radical (unpaired) electrons. The van der Waals surface area contributed by atoms with Crippen molar-refractivity contribution in [1.82, 2.24) is 15.5 Å². The second-order valence-corrected chi connectivity index (χ2v) is 4.35. The van der Waals surface area contributed by atoms with Crippen LogP contribution in [0.3, 0.4) is 0 Å². The van der Waals surface area contributed by atoms with Crippen molar-refractivity contribution in [3.63, 3.8) is 0 Å². The first-order valence-corrected chi connectivity index (χ1v) is 7.01. The Hall–Kier alpha value is -1.22. The molecule has 0 fully saturated rings. The molecule has 0 aromatic carbocycles. The highest BCUT2D eigenvalue weighted by Gasteiger charge is 2.13. The van der Waals surface area contributed by atoms with E-state index < -0.39 is 0 Å². The standard InChI is InChI=1S/C12H28N6O2/c13-3-6-16-7-8-17-11(19)1-2-12(20)18(9-4-14)10-5-15/h16H,1-10,13-15H2,(H,17,19). The van der Waals surface area contributed by atoms with Crippen molar-refractivity contribution in [3.8, 4) is 0 Å². The molecule has 0 aromatic rings. The third-order valence-corrected chi connectivity index (χ3v) is 2.66. The average Bonchev–Trinajstić information content (AvgIpc) is 2.44. The van der Waals surface area contributed by atoms with Gasteiger partial charge in [-0.1, -0.05) is 0 Å². The van der Waals surface area contributed by atoms with Crippen molar-refractivity contribution >= 4 is 11.8 Å². The highest BCUT2D eigenvalue weighted by Crippen LogP contribution is 1.97. The number of carbonyl (C=O) groups excluding carboxylic acids is 2. The molecule has 8 heteroatoms. The van der Waals surface area contributed by atoms with Crippen LogP contribution in [0.1, 0.15) is 12.8 Å². The summed E-state index contributed by atoms with van der Waals surface area (Å²) in [4.78, 5) is 25.0. The van der Waals surface area contributed by atoms with Gasteiger partial charge in [0.2, 0.25) is 11.8 Å². The van der Waals surface area contributed by atoms with E-state index in [0.717, 1.165) is 6.54 Å². The Morgan fingerprint density at radius 1 is 0.850 bits per heavy atom. The molecule has 0 unspecified atom stereocenters. The topological polar surface area (TPSA) is 140 Å². The Morgan fingerprint density at radius 2 is 1.50 bits per heavy atom. The van der Waals surface area contributed by atoms with Crippen molar-refractivity contribution in [2.45, 2.75) is 12.8 Å². The molecule has 0 aliphatic rings. The summed E-state index contributed by atoms with van der Waals surface area (Å²) in [5.41, 5.74) is 16.2. The number of amides is 2. The minimum atomic E-state index is -0.131. The van der Waals surface area contributed by atoms with Crippen molar-refractivity contribution in [2.75, 3.05) is 52.4 Å². The summed E-state index contributed by atoms with van der Waals surface area (Å²) in [5.74, 6) is -0.217. The van der Waals surface area contributed by atoms with Gasteiger partial charge >= 0.3 is 0 Å². The van der Waals surface area contributed by atoms with Crippen LogP contribution >= 0.6 is 0 Å². The summed E-state index contributed by atoms with van der Waals surface area (Å²) in [5, 5.41) is 5.80. The molecule has 0 aliphatic heterocycles. The Balaban J connectivity index is 3.77. The number of nitrogens with two attached hydrogens (primary N) is 3. The van der Waals surface area contributed by atoms with E-state index in [0.29, 0.717) is 45.8 Å². The minimum Gasteiger partial charge on any atom is -0.355 e. The Kier molecular flexibility index (Phi) is 12.0. The SMILES string of the molecule is NCCNCCNC(=O)CCC(=O)N(CCN)CCN. The molecule has 0 bridgehead atoms. The van der Waals surface area contributed by atoms with Crippen LogP contribution in [-0.2, 0) is 9.59 Å². The molecular formula is C12H28N6O2. The first-order chi connectivity index (χ1) is 9.65. The summed E-state index contributed by atoms with van der Waals surface area (Å²) < 4.78 is 0. The van der Waals surface area contributed by atoms with Gasteiger partial charge in [0.1, 0.15) is 0 Å². The molecule has 8 nitrogen and oxygen atoms in total. The van der Waals surface area contributed by atoms with Crippen LogP contribution in [-0.4, -0.2) is 69.1 Å². The van der Waals surface area contributed by atoms with E-state index in [4.69, 9.17) is 17.2 Å². The first-order valence-electron chi connectivity index (χ1n) is 7.01. The maximum absolute atomic E-state index is 11.9. The quantitative estimate of drug-likeness (QED) is 0.245. The molecule has 0 aliphatic carbocycles. The molecular weight excluding hydrogens is 260 g/mol. The zero-order valence-electron chi connectivity index (χ0n) is 12.1. The number of carbonyl (C=O) groups is 2. The molecule has 8 N–H and O–H groups in total. The van der Waals surface area contributed by atoms with Gasteiger partial charge in [-0.05, 0) is 0 Å². The molecule has 118 valence electrons. The van der Waals surface area contributed by atoms with Gasteiger partial charge in [-0.3, -0.25) is 9.59 Å². The Labute approximate surface area is 120 Å². The van der Waals surface area contributed by atoms with Gasteiger partial charge < -0.3 is 32.7 Å². The maximum Gasteiger partial charge on any atom is 0.223 e. The predicted molar refractivity (Wildman–Crippen MR) is 78.9 cm³/mol. The number of hydrogen-bond donors (Lipinski definition) is 5. The molecule has 20 heavy (non-hydrogen) atoms. The van der Waals surface area contributed by atoms with Crippen molar-refractivity contribution in [3.05, 3.63) is 0 Å². The van der Waals surface area contributed by atoms with E-state index >= 15 is 0 Å². The van der Waals surface area contributed by atoms with Crippen LogP contribution in [0.4, 0.5) is 0 Å². The number of nitrogens with one attached hydrogen (secondary N) is 2. The fraction of sp³-hybridized carbons (Fsp3) is 0.833. The lowest BCUT2D eigenvalue weighted by atomic mass is 10.2. The molecule has 0 atom stereocenters. The van der Waals surface area contributed by atoms with E-state index in [9.17, 15) is 9.59 Å². The van der Waals surface area contributed by atoms with Gasteiger partial charge in [0.05, 0.1) is 0 Å². The molecule has 0 heterocycles. The lowest BCUT2D eigenvalue weighted by molar-refractivity contribution is -0.133. The summed E-state index contributed by atoms with van der Waals surface area (Å²) in [6.07, 6.45) is 0.365. The van der Waals surface area contributed by atoms with Crippen LogP contribution < -0.4 is 27.8 Å². The van der Waals surface area contributed by atoms with E-state index in [1.165, 1.54) is 0 Å². The fourth-order valence-electron chi connectivity index (χ4n) is 1.66. The molecule has 0 spiro atoms. The zero-order valence-corrected chi connectivity index (χ0v) is 12.1. The van der Waals surface area contributed by atoms with Gasteiger partial charge in [-0.15, -0.1) is 0 Å².